The third-order valence-corrected chi connectivity index (χ3v) is 6.36. The number of imidazole rings is 1. The molecule has 0 radical (unpaired) electrons. The van der Waals surface area contributed by atoms with Gasteiger partial charge in [0.2, 0.25) is 0 Å². The summed E-state index contributed by atoms with van der Waals surface area (Å²) in [5, 5.41) is 4.11. The summed E-state index contributed by atoms with van der Waals surface area (Å²) in [5.41, 5.74) is 2.54. The second-order valence-electron chi connectivity index (χ2n) is 8.16. The van der Waals surface area contributed by atoms with Gasteiger partial charge in [0.25, 0.3) is 0 Å². The van der Waals surface area contributed by atoms with Crippen molar-refractivity contribution < 1.29 is 4.39 Å². The van der Waals surface area contributed by atoms with Crippen LogP contribution in [0.2, 0.25) is 5.02 Å². The molecule has 2 saturated heterocycles. The minimum Gasteiger partial charge on any atom is -0.353 e. The summed E-state index contributed by atoms with van der Waals surface area (Å²) in [5.74, 6) is 0.999. The maximum atomic E-state index is 14.8. The maximum Gasteiger partial charge on any atom is 0.167 e. The third-order valence-electron chi connectivity index (χ3n) is 6.12. The lowest BCUT2D eigenvalue weighted by atomic mass is 10.2. The molecule has 6 nitrogen and oxygen atoms in total. The Bertz CT molecular complexity index is 1260. The minimum absolute atomic E-state index is 0.337. The standard InChI is InChI=1S/C23H20ClFN6/c24-14-1-4-19(25)18(11-14)22-28-20-5-6-21(30-12-15-2-3-16(13-30)27-15)29-23(20)31(22)17-7-9-26-10-8-17/h1,4-11,15-16,27H,2-3,12-13H2. The number of rotatable bonds is 3. The molecule has 2 aliphatic rings. The van der Waals surface area contributed by atoms with Gasteiger partial charge in [-0.15, -0.1) is 0 Å². The van der Waals surface area contributed by atoms with E-state index in [0.717, 1.165) is 24.6 Å². The molecule has 1 aromatic carbocycles. The van der Waals surface area contributed by atoms with E-state index in [1.165, 1.54) is 25.0 Å². The van der Waals surface area contributed by atoms with E-state index in [4.69, 9.17) is 21.6 Å². The fraction of sp³-hybridized carbons (Fsp3) is 0.261. The number of piperazine rings is 1. The summed E-state index contributed by atoms with van der Waals surface area (Å²) in [6.07, 6.45) is 5.82. The Morgan fingerprint density at radius 3 is 2.52 bits per heavy atom. The highest BCUT2D eigenvalue weighted by molar-refractivity contribution is 6.30. The van der Waals surface area contributed by atoms with Crippen molar-refractivity contribution >= 4 is 28.6 Å². The molecule has 1 N–H and O–H groups in total. The maximum absolute atomic E-state index is 14.8. The lowest BCUT2D eigenvalue weighted by molar-refractivity contribution is 0.463. The van der Waals surface area contributed by atoms with E-state index >= 15 is 0 Å². The summed E-state index contributed by atoms with van der Waals surface area (Å²) >= 11 is 6.18. The Morgan fingerprint density at radius 1 is 0.968 bits per heavy atom. The van der Waals surface area contributed by atoms with Gasteiger partial charge in [-0.1, -0.05) is 11.6 Å². The predicted octanol–water partition coefficient (Wildman–Crippen LogP) is 4.22. The van der Waals surface area contributed by atoms with Gasteiger partial charge in [0, 0.05) is 42.6 Å². The Kier molecular flexibility index (Phi) is 4.40. The average Bonchev–Trinajstić information content (AvgIpc) is 3.34. The molecule has 0 saturated carbocycles. The van der Waals surface area contributed by atoms with Crippen molar-refractivity contribution in [3.63, 3.8) is 0 Å². The zero-order valence-corrected chi connectivity index (χ0v) is 17.4. The molecular formula is C23H20ClFN6. The lowest BCUT2D eigenvalue weighted by Crippen LogP contribution is -2.51. The van der Waals surface area contributed by atoms with Gasteiger partial charge in [-0.2, -0.15) is 0 Å². The zero-order valence-electron chi connectivity index (χ0n) is 16.7. The number of nitrogens with zero attached hydrogens (tertiary/aromatic N) is 5. The van der Waals surface area contributed by atoms with E-state index in [1.54, 1.807) is 18.5 Å². The normalized spacial score (nSPS) is 20.5. The molecule has 2 fully saturated rings. The molecule has 31 heavy (non-hydrogen) atoms. The molecule has 8 heteroatoms. The van der Waals surface area contributed by atoms with Crippen LogP contribution in [0.5, 0.6) is 0 Å². The quantitative estimate of drug-likeness (QED) is 0.523. The molecule has 4 aromatic rings. The van der Waals surface area contributed by atoms with Crippen molar-refractivity contribution in [1.29, 1.82) is 0 Å². The molecule has 2 atom stereocenters. The Morgan fingerprint density at radius 2 is 1.74 bits per heavy atom. The molecule has 0 spiro atoms. The first-order valence-corrected chi connectivity index (χ1v) is 10.8. The fourth-order valence-corrected chi connectivity index (χ4v) is 4.87. The van der Waals surface area contributed by atoms with Crippen molar-refractivity contribution in [1.82, 2.24) is 24.8 Å². The topological polar surface area (TPSA) is 58.9 Å². The molecule has 2 aliphatic heterocycles. The Hall–Kier alpha value is -3.03. The van der Waals surface area contributed by atoms with E-state index in [2.05, 4.69) is 15.2 Å². The van der Waals surface area contributed by atoms with Crippen LogP contribution in [0.1, 0.15) is 12.8 Å². The van der Waals surface area contributed by atoms with Crippen LogP contribution in [-0.4, -0.2) is 44.7 Å². The highest BCUT2D eigenvalue weighted by atomic mass is 35.5. The smallest absolute Gasteiger partial charge is 0.167 e. The molecule has 0 aliphatic carbocycles. The predicted molar refractivity (Wildman–Crippen MR) is 119 cm³/mol. The van der Waals surface area contributed by atoms with Crippen LogP contribution in [0.15, 0.2) is 54.9 Å². The van der Waals surface area contributed by atoms with E-state index in [1.807, 2.05) is 28.8 Å². The number of anilines is 1. The van der Waals surface area contributed by atoms with Crippen molar-refractivity contribution in [3.8, 4) is 17.1 Å². The molecule has 6 rings (SSSR count). The van der Waals surface area contributed by atoms with Gasteiger partial charge in [0.1, 0.15) is 23.0 Å². The minimum atomic E-state index is -0.381. The van der Waals surface area contributed by atoms with Gasteiger partial charge < -0.3 is 10.2 Å². The van der Waals surface area contributed by atoms with Gasteiger partial charge in [-0.25, -0.2) is 14.4 Å². The Balaban J connectivity index is 1.55. The number of hydrogen-bond acceptors (Lipinski definition) is 5. The summed E-state index contributed by atoms with van der Waals surface area (Å²) in [6.45, 7) is 1.88. The molecular weight excluding hydrogens is 415 g/mol. The first kappa shape index (κ1) is 18.7. The largest absolute Gasteiger partial charge is 0.353 e. The lowest BCUT2D eigenvalue weighted by Gasteiger charge is -2.33. The van der Waals surface area contributed by atoms with Crippen LogP contribution in [0.4, 0.5) is 10.2 Å². The van der Waals surface area contributed by atoms with Gasteiger partial charge in [0.15, 0.2) is 5.65 Å². The van der Waals surface area contributed by atoms with Gasteiger partial charge >= 0.3 is 0 Å². The number of benzene rings is 1. The number of fused-ring (bicyclic) bond motifs is 3. The molecule has 0 amide bonds. The summed E-state index contributed by atoms with van der Waals surface area (Å²) in [6, 6.07) is 13.2. The second kappa shape index (κ2) is 7.28. The van der Waals surface area contributed by atoms with Gasteiger partial charge in [-0.3, -0.25) is 9.55 Å². The van der Waals surface area contributed by atoms with Gasteiger partial charge in [0.05, 0.1) is 11.3 Å². The van der Waals surface area contributed by atoms with Crippen LogP contribution in [0.25, 0.3) is 28.2 Å². The summed E-state index contributed by atoms with van der Waals surface area (Å²) in [4.78, 5) is 16.2. The molecule has 156 valence electrons. The highest BCUT2D eigenvalue weighted by Gasteiger charge is 2.33. The second-order valence-corrected chi connectivity index (χ2v) is 8.59. The summed E-state index contributed by atoms with van der Waals surface area (Å²) in [7, 11) is 0. The third kappa shape index (κ3) is 3.25. The van der Waals surface area contributed by atoms with Crippen LogP contribution in [0.3, 0.4) is 0 Å². The average molecular weight is 435 g/mol. The number of halogens is 2. The zero-order chi connectivity index (χ0) is 20.9. The van der Waals surface area contributed by atoms with Crippen molar-refractivity contribution in [3.05, 3.63) is 65.7 Å². The number of nitrogens with one attached hydrogen (secondary N) is 1. The van der Waals surface area contributed by atoms with Crippen molar-refractivity contribution in [2.45, 2.75) is 24.9 Å². The SMILES string of the molecule is Fc1ccc(Cl)cc1-c1nc2ccc(N3CC4CCC(C3)N4)nc2n1-c1ccncc1. The molecule has 2 bridgehead atoms. The van der Waals surface area contributed by atoms with Gasteiger partial charge in [-0.05, 0) is 55.3 Å². The first-order chi connectivity index (χ1) is 15.2. The molecule has 3 aromatic heterocycles. The van der Waals surface area contributed by atoms with Crippen LogP contribution < -0.4 is 10.2 Å². The number of aromatic nitrogens is 4. The molecule has 5 heterocycles. The Labute approximate surface area is 183 Å². The van der Waals surface area contributed by atoms with Crippen LogP contribution in [-0.2, 0) is 0 Å². The van der Waals surface area contributed by atoms with Crippen LogP contribution in [0, 0.1) is 5.82 Å². The fourth-order valence-electron chi connectivity index (χ4n) is 4.69. The van der Waals surface area contributed by atoms with E-state index in [9.17, 15) is 4.39 Å². The first-order valence-electron chi connectivity index (χ1n) is 10.4. The molecule has 2 unspecified atom stereocenters. The monoisotopic (exact) mass is 434 g/mol. The van der Waals surface area contributed by atoms with E-state index in [0.29, 0.717) is 39.7 Å². The van der Waals surface area contributed by atoms with E-state index < -0.39 is 0 Å². The highest BCUT2D eigenvalue weighted by Crippen LogP contribution is 2.32. The van der Waals surface area contributed by atoms with Crippen molar-refractivity contribution in [2.24, 2.45) is 0 Å². The number of pyridine rings is 2. The van der Waals surface area contributed by atoms with Crippen molar-refractivity contribution in [2.75, 3.05) is 18.0 Å². The summed E-state index contributed by atoms with van der Waals surface area (Å²) < 4.78 is 16.7. The number of hydrogen-bond donors (Lipinski definition) is 1. The van der Waals surface area contributed by atoms with E-state index in [-0.39, 0.29) is 5.82 Å². The van der Waals surface area contributed by atoms with Crippen LogP contribution >= 0.6 is 11.6 Å².